The summed E-state index contributed by atoms with van der Waals surface area (Å²) in [6, 6.07) is 14.7. The van der Waals surface area contributed by atoms with E-state index < -0.39 is 0 Å². The lowest BCUT2D eigenvalue weighted by Crippen LogP contribution is -2.23. The molecule has 0 radical (unpaired) electrons. The molecule has 24 heavy (non-hydrogen) atoms. The van der Waals surface area contributed by atoms with Gasteiger partial charge in [0.05, 0.1) is 16.8 Å². The summed E-state index contributed by atoms with van der Waals surface area (Å²) in [6.07, 6.45) is 1.74. The van der Waals surface area contributed by atoms with Gasteiger partial charge in [-0.1, -0.05) is 41.2 Å². The van der Waals surface area contributed by atoms with E-state index in [4.69, 9.17) is 4.52 Å². The van der Waals surface area contributed by atoms with Crippen LogP contribution in [0.2, 0.25) is 0 Å². The third-order valence-corrected chi connectivity index (χ3v) is 4.25. The minimum atomic E-state index is -0.169. The summed E-state index contributed by atoms with van der Waals surface area (Å²) < 4.78 is 5.28. The lowest BCUT2D eigenvalue weighted by Gasteiger charge is -2.04. The predicted octanol–water partition coefficient (Wildman–Crippen LogP) is 3.25. The van der Waals surface area contributed by atoms with Gasteiger partial charge in [0, 0.05) is 11.8 Å². The van der Waals surface area contributed by atoms with Gasteiger partial charge in [-0.25, -0.2) is 4.98 Å². The van der Waals surface area contributed by atoms with Crippen LogP contribution in [0.5, 0.6) is 0 Å². The van der Waals surface area contributed by atoms with Gasteiger partial charge >= 0.3 is 0 Å². The number of benzene rings is 1. The number of amides is 1. The van der Waals surface area contributed by atoms with Crippen molar-refractivity contribution in [3.05, 3.63) is 72.0 Å². The van der Waals surface area contributed by atoms with Gasteiger partial charge in [-0.3, -0.25) is 4.79 Å². The average Bonchev–Trinajstić information content (AvgIpc) is 3.10. The van der Waals surface area contributed by atoms with Gasteiger partial charge in [0.1, 0.15) is 0 Å². The van der Waals surface area contributed by atoms with Crippen molar-refractivity contribution in [2.45, 2.75) is 23.7 Å². The third-order valence-electron chi connectivity index (χ3n) is 3.21. The van der Waals surface area contributed by atoms with Crippen LogP contribution in [-0.2, 0) is 6.54 Å². The molecular weight excluding hydrogens is 324 g/mol. The fourth-order valence-corrected chi connectivity index (χ4v) is 2.84. The maximum atomic E-state index is 12.0. The first-order chi connectivity index (χ1) is 11.7. The molecule has 0 aliphatic rings. The Morgan fingerprint density at radius 1 is 1.21 bits per heavy atom. The average molecular weight is 340 g/mol. The first kappa shape index (κ1) is 16.2. The molecule has 6 nitrogen and oxygen atoms in total. The number of nitrogens with one attached hydrogen (secondary N) is 1. The van der Waals surface area contributed by atoms with E-state index in [0.29, 0.717) is 17.3 Å². The fraction of sp³-hybridized carbons (Fsp3) is 0.176. The number of carbonyl (C=O) groups is 1. The number of thioether (sulfide) groups is 1. The lowest BCUT2D eigenvalue weighted by molar-refractivity contribution is 0.0949. The summed E-state index contributed by atoms with van der Waals surface area (Å²) in [5.41, 5.74) is 0.597. The zero-order chi connectivity index (χ0) is 16.8. The zero-order valence-corrected chi connectivity index (χ0v) is 13.9. The summed E-state index contributed by atoms with van der Waals surface area (Å²) >= 11 is 1.54. The Bertz CT molecular complexity index is 793. The van der Waals surface area contributed by atoms with Crippen molar-refractivity contribution in [1.82, 2.24) is 20.4 Å². The predicted molar refractivity (Wildman–Crippen MR) is 90.4 cm³/mol. The lowest BCUT2D eigenvalue weighted by atomic mass is 10.2. The molecule has 1 unspecified atom stereocenters. The fourth-order valence-electron chi connectivity index (χ4n) is 2.00. The van der Waals surface area contributed by atoms with Crippen LogP contribution in [-0.4, -0.2) is 21.0 Å². The normalized spacial score (nSPS) is 11.9. The molecule has 0 fully saturated rings. The molecule has 1 N–H and O–H groups in total. The highest BCUT2D eigenvalue weighted by molar-refractivity contribution is 7.99. The highest BCUT2D eigenvalue weighted by atomic mass is 32.2. The minimum Gasteiger partial charge on any atom is -0.345 e. The van der Waals surface area contributed by atoms with Gasteiger partial charge in [-0.05, 0) is 31.2 Å². The zero-order valence-electron chi connectivity index (χ0n) is 13.0. The van der Waals surface area contributed by atoms with Gasteiger partial charge < -0.3 is 9.84 Å². The van der Waals surface area contributed by atoms with Crippen LogP contribution in [0.1, 0.15) is 34.2 Å². The minimum absolute atomic E-state index is 0.0222. The smallest absolute Gasteiger partial charge is 0.251 e. The maximum Gasteiger partial charge on any atom is 0.251 e. The molecule has 122 valence electrons. The molecule has 3 rings (SSSR count). The number of hydrogen-bond acceptors (Lipinski definition) is 6. The second-order valence-corrected chi connectivity index (χ2v) is 6.39. The van der Waals surface area contributed by atoms with Crippen molar-refractivity contribution in [3.8, 4) is 0 Å². The van der Waals surface area contributed by atoms with Crippen molar-refractivity contribution in [3.63, 3.8) is 0 Å². The van der Waals surface area contributed by atoms with Gasteiger partial charge in [-0.2, -0.15) is 4.98 Å². The molecule has 0 spiro atoms. The van der Waals surface area contributed by atoms with E-state index in [2.05, 4.69) is 20.4 Å². The van der Waals surface area contributed by atoms with Crippen molar-refractivity contribution in [2.75, 3.05) is 0 Å². The van der Waals surface area contributed by atoms with Crippen LogP contribution in [0.25, 0.3) is 0 Å². The van der Waals surface area contributed by atoms with Crippen LogP contribution in [0.3, 0.4) is 0 Å². The second kappa shape index (κ2) is 7.74. The maximum absolute atomic E-state index is 12.0. The van der Waals surface area contributed by atoms with Gasteiger partial charge in [0.15, 0.2) is 5.82 Å². The monoisotopic (exact) mass is 340 g/mol. The van der Waals surface area contributed by atoms with E-state index in [9.17, 15) is 4.79 Å². The number of aromatic nitrogens is 3. The van der Waals surface area contributed by atoms with E-state index in [-0.39, 0.29) is 17.7 Å². The summed E-state index contributed by atoms with van der Waals surface area (Å²) in [4.78, 5) is 20.6. The van der Waals surface area contributed by atoms with E-state index in [1.54, 1.807) is 18.3 Å². The van der Waals surface area contributed by atoms with Crippen LogP contribution in [0, 0.1) is 0 Å². The highest BCUT2D eigenvalue weighted by Gasteiger charge is 2.16. The first-order valence-corrected chi connectivity index (χ1v) is 8.34. The van der Waals surface area contributed by atoms with Crippen molar-refractivity contribution >= 4 is 17.7 Å². The van der Waals surface area contributed by atoms with E-state index in [1.807, 2.05) is 43.3 Å². The van der Waals surface area contributed by atoms with Crippen molar-refractivity contribution < 1.29 is 9.32 Å². The molecule has 0 aliphatic carbocycles. The van der Waals surface area contributed by atoms with Crippen LogP contribution in [0.4, 0.5) is 0 Å². The largest absolute Gasteiger partial charge is 0.345 e. The number of carbonyl (C=O) groups excluding carboxylic acids is 1. The second-order valence-electron chi connectivity index (χ2n) is 5.03. The highest BCUT2D eigenvalue weighted by Crippen LogP contribution is 2.32. The molecule has 0 bridgehead atoms. The Kier molecular flexibility index (Phi) is 5.22. The molecule has 0 saturated heterocycles. The SMILES string of the molecule is CC(Sc1ccccn1)c1nc(CNC(=O)c2ccccc2)no1. The number of pyridine rings is 1. The Labute approximate surface area is 143 Å². The quantitative estimate of drug-likeness (QED) is 0.694. The van der Waals surface area contributed by atoms with Crippen LogP contribution in [0.15, 0.2) is 64.3 Å². The molecule has 1 amide bonds. The Hall–Kier alpha value is -2.67. The summed E-state index contributed by atoms with van der Waals surface area (Å²) in [5, 5.41) is 7.55. The Morgan fingerprint density at radius 3 is 2.75 bits per heavy atom. The Morgan fingerprint density at radius 2 is 2.00 bits per heavy atom. The van der Waals surface area contributed by atoms with Gasteiger partial charge in [-0.15, -0.1) is 0 Å². The molecular formula is C17H16N4O2S. The topological polar surface area (TPSA) is 80.9 Å². The van der Waals surface area contributed by atoms with Crippen LogP contribution < -0.4 is 5.32 Å². The molecule has 2 aromatic heterocycles. The van der Waals surface area contributed by atoms with E-state index in [1.165, 1.54) is 11.8 Å². The standard InChI is InChI=1S/C17H16N4O2S/c1-12(24-15-9-5-6-10-18-15)17-20-14(21-23-17)11-19-16(22)13-7-3-2-4-8-13/h2-10,12H,11H2,1H3,(H,19,22). The molecule has 1 aromatic carbocycles. The summed E-state index contributed by atoms with van der Waals surface area (Å²) in [6.45, 7) is 2.19. The number of rotatable bonds is 6. The molecule has 0 saturated carbocycles. The van der Waals surface area contributed by atoms with Gasteiger partial charge in [0.2, 0.25) is 5.89 Å². The molecule has 1 atom stereocenters. The Balaban J connectivity index is 1.56. The summed E-state index contributed by atoms with van der Waals surface area (Å²) in [7, 11) is 0. The molecule has 0 aliphatic heterocycles. The van der Waals surface area contributed by atoms with Crippen molar-refractivity contribution in [1.29, 1.82) is 0 Å². The van der Waals surface area contributed by atoms with Crippen LogP contribution >= 0.6 is 11.8 Å². The summed E-state index contributed by atoms with van der Waals surface area (Å²) in [5.74, 6) is 0.787. The first-order valence-electron chi connectivity index (χ1n) is 7.46. The van der Waals surface area contributed by atoms with E-state index in [0.717, 1.165) is 5.03 Å². The molecule has 2 heterocycles. The number of hydrogen-bond donors (Lipinski definition) is 1. The molecule has 7 heteroatoms. The number of nitrogens with zero attached hydrogens (tertiary/aromatic N) is 3. The third kappa shape index (κ3) is 4.20. The van der Waals surface area contributed by atoms with Crippen molar-refractivity contribution in [2.24, 2.45) is 0 Å². The van der Waals surface area contributed by atoms with E-state index >= 15 is 0 Å². The van der Waals surface area contributed by atoms with Gasteiger partial charge in [0.25, 0.3) is 5.91 Å². The molecule has 3 aromatic rings.